The molecule has 0 aromatic heterocycles. The Balaban J connectivity index is 1.35. The summed E-state index contributed by atoms with van der Waals surface area (Å²) in [6.45, 7) is 0. The maximum atomic E-state index is 12.6. The number of thioether (sulfide) groups is 1. The van der Waals surface area contributed by atoms with Crippen LogP contribution in [0.2, 0.25) is 0 Å². The first-order valence-corrected chi connectivity index (χ1v) is 10.5. The maximum Gasteiger partial charge on any atom is 0.261 e. The topological polar surface area (TPSA) is 80.1 Å². The molecular weight excluding hydrogens is 374 g/mol. The summed E-state index contributed by atoms with van der Waals surface area (Å²) in [5.74, 6) is 0.700. The van der Waals surface area contributed by atoms with Crippen molar-refractivity contribution >= 4 is 40.1 Å². The van der Waals surface area contributed by atoms with Crippen LogP contribution in [0.1, 0.15) is 44.9 Å². The number of benzene rings is 1. The number of nitrogens with one attached hydrogen (secondary N) is 1. The SMILES string of the molecule is COc1ccc(NC(=O)CCC2=NC(=O)C3C(=N2)SC2=C3CCCCC2)cc1. The fraction of sp³-hybridized carbons (Fsp3) is 0.429. The number of fused-ring (bicyclic) bond motifs is 2. The lowest BCUT2D eigenvalue weighted by Gasteiger charge is -2.16. The number of hydrogen-bond donors (Lipinski definition) is 1. The number of carbonyl (C=O) groups excluding carboxylic acids is 2. The van der Waals surface area contributed by atoms with Gasteiger partial charge in [-0.15, -0.1) is 0 Å². The third kappa shape index (κ3) is 4.04. The minimum atomic E-state index is -0.255. The smallest absolute Gasteiger partial charge is 0.261 e. The fourth-order valence-corrected chi connectivity index (χ4v) is 5.12. The van der Waals surface area contributed by atoms with Gasteiger partial charge >= 0.3 is 0 Å². The second-order valence-corrected chi connectivity index (χ2v) is 8.25. The van der Waals surface area contributed by atoms with Gasteiger partial charge in [0.05, 0.1) is 12.2 Å². The van der Waals surface area contributed by atoms with E-state index in [2.05, 4.69) is 15.3 Å². The Bertz CT molecular complexity index is 887. The van der Waals surface area contributed by atoms with Crippen molar-refractivity contribution in [1.82, 2.24) is 0 Å². The van der Waals surface area contributed by atoms with Crippen molar-refractivity contribution in [3.63, 3.8) is 0 Å². The summed E-state index contributed by atoms with van der Waals surface area (Å²) in [6.07, 6.45) is 6.15. The number of carbonyl (C=O) groups is 2. The molecule has 0 saturated heterocycles. The number of methoxy groups -OCH3 is 1. The van der Waals surface area contributed by atoms with Gasteiger partial charge in [0.25, 0.3) is 5.91 Å². The highest BCUT2D eigenvalue weighted by Gasteiger charge is 2.39. The summed E-state index contributed by atoms with van der Waals surface area (Å²) >= 11 is 1.66. The molecule has 2 heterocycles. The van der Waals surface area contributed by atoms with Crippen LogP contribution in [-0.2, 0) is 9.59 Å². The van der Waals surface area contributed by atoms with E-state index in [0.717, 1.165) is 30.1 Å². The van der Waals surface area contributed by atoms with Crippen molar-refractivity contribution in [2.24, 2.45) is 15.9 Å². The molecule has 0 radical (unpaired) electrons. The lowest BCUT2D eigenvalue weighted by atomic mass is 9.94. The molecule has 0 spiro atoms. The molecule has 1 atom stereocenters. The molecule has 6 nitrogen and oxygen atoms in total. The third-order valence-electron chi connectivity index (χ3n) is 5.21. The summed E-state index contributed by atoms with van der Waals surface area (Å²) in [5, 5.41) is 3.70. The van der Waals surface area contributed by atoms with E-state index in [1.165, 1.54) is 23.3 Å². The van der Waals surface area contributed by atoms with Crippen molar-refractivity contribution in [3.8, 4) is 5.75 Å². The lowest BCUT2D eigenvalue weighted by molar-refractivity contribution is -0.119. The maximum absolute atomic E-state index is 12.6. The van der Waals surface area contributed by atoms with E-state index in [1.807, 2.05) is 0 Å². The van der Waals surface area contributed by atoms with E-state index in [4.69, 9.17) is 4.74 Å². The third-order valence-corrected chi connectivity index (χ3v) is 6.46. The average Bonchev–Trinajstić information content (AvgIpc) is 2.89. The first-order chi connectivity index (χ1) is 13.6. The first-order valence-electron chi connectivity index (χ1n) is 9.67. The Kier molecular flexibility index (Phi) is 5.62. The highest BCUT2D eigenvalue weighted by Crippen LogP contribution is 2.46. The second-order valence-electron chi connectivity index (χ2n) is 7.14. The average molecular weight is 398 g/mol. The normalized spacial score (nSPS) is 21.3. The second kappa shape index (κ2) is 8.31. The van der Waals surface area contributed by atoms with Gasteiger partial charge in [0.15, 0.2) is 0 Å². The number of aliphatic imine (C=N–C) groups is 2. The van der Waals surface area contributed by atoms with E-state index in [-0.39, 0.29) is 24.2 Å². The van der Waals surface area contributed by atoms with Gasteiger partial charge in [0, 0.05) is 18.5 Å². The van der Waals surface area contributed by atoms with Crippen LogP contribution < -0.4 is 10.1 Å². The van der Waals surface area contributed by atoms with Crippen molar-refractivity contribution in [3.05, 3.63) is 34.7 Å². The molecule has 1 aliphatic carbocycles. The molecule has 146 valence electrons. The molecule has 1 unspecified atom stereocenters. The number of anilines is 1. The van der Waals surface area contributed by atoms with E-state index in [0.29, 0.717) is 17.9 Å². The van der Waals surface area contributed by atoms with Crippen LogP contribution in [0.3, 0.4) is 0 Å². The lowest BCUT2D eigenvalue weighted by Crippen LogP contribution is -2.26. The van der Waals surface area contributed by atoms with Crippen LogP contribution >= 0.6 is 11.8 Å². The molecule has 2 amide bonds. The van der Waals surface area contributed by atoms with E-state index >= 15 is 0 Å². The number of amides is 2. The molecular formula is C21H23N3O3S. The zero-order valence-electron chi connectivity index (χ0n) is 15.9. The quantitative estimate of drug-likeness (QED) is 0.802. The highest BCUT2D eigenvalue weighted by molar-refractivity contribution is 8.17. The van der Waals surface area contributed by atoms with E-state index in [9.17, 15) is 9.59 Å². The Morgan fingerprint density at radius 1 is 1.18 bits per heavy atom. The molecule has 4 rings (SSSR count). The van der Waals surface area contributed by atoms with Crippen molar-refractivity contribution in [1.29, 1.82) is 0 Å². The standard InChI is InChI=1S/C21H23N3O3S/c1-27-14-9-7-13(8-10-14)22-18(25)12-11-17-23-20(26)19-15-5-3-2-4-6-16(15)28-21(19)24-17/h7-10,19H,2-6,11-12H2,1H3,(H,22,25). The Labute approximate surface area is 168 Å². The van der Waals surface area contributed by atoms with Crippen LogP contribution in [0.15, 0.2) is 44.7 Å². The van der Waals surface area contributed by atoms with Gasteiger partial charge in [-0.3, -0.25) is 9.59 Å². The van der Waals surface area contributed by atoms with Crippen LogP contribution in [0.5, 0.6) is 5.75 Å². The van der Waals surface area contributed by atoms with Crippen LogP contribution in [0, 0.1) is 5.92 Å². The number of amidine groups is 1. The van der Waals surface area contributed by atoms with Gasteiger partial charge in [-0.2, -0.15) is 4.99 Å². The zero-order chi connectivity index (χ0) is 19.5. The summed E-state index contributed by atoms with van der Waals surface area (Å²) in [6, 6.07) is 7.16. The number of ether oxygens (including phenoxy) is 1. The molecule has 3 aliphatic rings. The van der Waals surface area contributed by atoms with Gasteiger partial charge < -0.3 is 10.1 Å². The predicted octanol–water partition coefficient (Wildman–Crippen LogP) is 4.33. The van der Waals surface area contributed by atoms with Gasteiger partial charge in [-0.1, -0.05) is 18.2 Å². The molecule has 1 N–H and O–H groups in total. The fourth-order valence-electron chi connectivity index (χ4n) is 3.75. The van der Waals surface area contributed by atoms with Crippen LogP contribution in [-0.4, -0.2) is 29.8 Å². The van der Waals surface area contributed by atoms with Crippen LogP contribution in [0.4, 0.5) is 5.69 Å². The molecule has 0 saturated carbocycles. The minimum Gasteiger partial charge on any atom is -0.497 e. The molecule has 1 aromatic rings. The van der Waals surface area contributed by atoms with E-state index in [1.54, 1.807) is 43.1 Å². The molecule has 0 bridgehead atoms. The number of hydrogen-bond acceptors (Lipinski definition) is 5. The predicted molar refractivity (Wildman–Crippen MR) is 112 cm³/mol. The van der Waals surface area contributed by atoms with Crippen molar-refractivity contribution in [2.75, 3.05) is 12.4 Å². The Morgan fingerprint density at radius 3 is 2.75 bits per heavy atom. The number of nitrogens with zero attached hydrogens (tertiary/aromatic N) is 2. The molecule has 0 fully saturated rings. The minimum absolute atomic E-state index is 0.116. The monoisotopic (exact) mass is 397 g/mol. The highest BCUT2D eigenvalue weighted by atomic mass is 32.2. The molecule has 28 heavy (non-hydrogen) atoms. The van der Waals surface area contributed by atoms with Gasteiger partial charge in [0.2, 0.25) is 5.91 Å². The zero-order valence-corrected chi connectivity index (χ0v) is 16.7. The largest absolute Gasteiger partial charge is 0.497 e. The summed E-state index contributed by atoms with van der Waals surface area (Å²) in [7, 11) is 1.60. The van der Waals surface area contributed by atoms with Gasteiger partial charge in [0.1, 0.15) is 17.5 Å². The molecule has 7 heteroatoms. The summed E-state index contributed by atoms with van der Waals surface area (Å²) in [5.41, 5.74) is 1.95. The molecule has 2 aliphatic heterocycles. The number of allylic oxidation sites excluding steroid dienone is 1. The Hall–Kier alpha value is -2.41. The Morgan fingerprint density at radius 2 is 1.96 bits per heavy atom. The van der Waals surface area contributed by atoms with Crippen molar-refractivity contribution in [2.45, 2.75) is 44.9 Å². The van der Waals surface area contributed by atoms with Crippen LogP contribution in [0.25, 0.3) is 0 Å². The first kappa shape index (κ1) is 18.9. The van der Waals surface area contributed by atoms with Gasteiger partial charge in [-0.05, 0) is 60.4 Å². The van der Waals surface area contributed by atoms with E-state index < -0.39 is 0 Å². The number of rotatable bonds is 5. The van der Waals surface area contributed by atoms with Crippen molar-refractivity contribution < 1.29 is 14.3 Å². The molecule has 1 aromatic carbocycles. The van der Waals surface area contributed by atoms with Gasteiger partial charge in [-0.25, -0.2) is 4.99 Å². The summed E-state index contributed by atoms with van der Waals surface area (Å²) < 4.78 is 5.11. The summed E-state index contributed by atoms with van der Waals surface area (Å²) in [4.78, 5) is 35.0.